The third-order valence-electron chi connectivity index (χ3n) is 3.41. The Morgan fingerprint density at radius 3 is 2.40 bits per heavy atom. The molecule has 100 valence electrons. The Morgan fingerprint density at radius 1 is 0.900 bits per heavy atom. The first kappa shape index (κ1) is 12.7. The van der Waals surface area contributed by atoms with Gasteiger partial charge in [-0.1, -0.05) is 56.3 Å². The Hall–Kier alpha value is -2.35. The number of carbonyl (C=O) groups excluding carboxylic acids is 1. The van der Waals surface area contributed by atoms with E-state index in [0.717, 1.165) is 5.39 Å². The van der Waals surface area contributed by atoms with Crippen molar-refractivity contribution in [2.24, 2.45) is 5.92 Å². The summed E-state index contributed by atoms with van der Waals surface area (Å²) >= 11 is 0. The summed E-state index contributed by atoms with van der Waals surface area (Å²) in [5, 5.41) is 4.68. The van der Waals surface area contributed by atoms with Crippen LogP contribution in [-0.4, -0.2) is 5.97 Å². The number of esters is 1. The van der Waals surface area contributed by atoms with Crippen molar-refractivity contribution in [3.63, 3.8) is 0 Å². The lowest BCUT2D eigenvalue weighted by Crippen LogP contribution is -2.14. The Kier molecular flexibility index (Phi) is 3.15. The molecule has 0 aliphatic carbocycles. The van der Waals surface area contributed by atoms with Crippen LogP contribution in [0.4, 0.5) is 0 Å². The maximum Gasteiger partial charge on any atom is 0.313 e. The molecule has 0 saturated carbocycles. The lowest BCUT2D eigenvalue weighted by Gasteiger charge is -2.09. The highest BCUT2D eigenvalue weighted by Crippen LogP contribution is 2.28. The smallest absolute Gasteiger partial charge is 0.313 e. The third kappa shape index (κ3) is 2.25. The van der Waals surface area contributed by atoms with Crippen LogP contribution in [0.3, 0.4) is 0 Å². The number of benzene rings is 3. The molecule has 3 aromatic carbocycles. The molecule has 2 nitrogen and oxygen atoms in total. The zero-order chi connectivity index (χ0) is 14.1. The Morgan fingerprint density at radius 2 is 1.60 bits per heavy atom. The fourth-order valence-electron chi connectivity index (χ4n) is 2.29. The van der Waals surface area contributed by atoms with Gasteiger partial charge in [-0.25, -0.2) is 0 Å². The summed E-state index contributed by atoms with van der Waals surface area (Å²) in [6.45, 7) is 3.66. The molecule has 0 aliphatic heterocycles. The van der Waals surface area contributed by atoms with E-state index in [-0.39, 0.29) is 11.9 Å². The largest absolute Gasteiger partial charge is 0.426 e. The average molecular weight is 264 g/mol. The second-order valence-corrected chi connectivity index (χ2v) is 5.25. The first-order valence-corrected chi connectivity index (χ1v) is 6.78. The summed E-state index contributed by atoms with van der Waals surface area (Å²) < 4.78 is 5.36. The number of fused-ring (bicyclic) bond motifs is 3. The van der Waals surface area contributed by atoms with Crippen LogP contribution in [0.2, 0.25) is 0 Å². The van der Waals surface area contributed by atoms with Gasteiger partial charge in [-0.15, -0.1) is 0 Å². The number of rotatable bonds is 2. The molecule has 0 atom stereocenters. The first-order chi connectivity index (χ1) is 9.65. The Balaban J connectivity index is 2.08. The number of hydrogen-bond acceptors (Lipinski definition) is 2. The quantitative estimate of drug-likeness (QED) is 0.385. The molecule has 0 amide bonds. The lowest BCUT2D eigenvalue weighted by molar-refractivity contribution is -0.137. The minimum absolute atomic E-state index is 0.123. The molecular formula is C18H16O2. The highest BCUT2D eigenvalue weighted by molar-refractivity contribution is 6.07. The fourth-order valence-corrected chi connectivity index (χ4v) is 2.29. The molecule has 0 saturated heterocycles. The molecule has 0 heterocycles. The van der Waals surface area contributed by atoms with Crippen LogP contribution < -0.4 is 4.74 Å². The van der Waals surface area contributed by atoms with Crippen molar-refractivity contribution in [1.29, 1.82) is 0 Å². The van der Waals surface area contributed by atoms with E-state index in [9.17, 15) is 4.79 Å². The van der Waals surface area contributed by atoms with Crippen LogP contribution in [0.25, 0.3) is 21.5 Å². The number of ether oxygens (including phenoxy) is 1. The van der Waals surface area contributed by atoms with E-state index >= 15 is 0 Å². The van der Waals surface area contributed by atoms with Crippen LogP contribution in [0.1, 0.15) is 13.8 Å². The molecule has 0 spiro atoms. The van der Waals surface area contributed by atoms with Gasteiger partial charge >= 0.3 is 5.97 Å². The van der Waals surface area contributed by atoms with Crippen LogP contribution in [-0.2, 0) is 4.79 Å². The summed E-state index contributed by atoms with van der Waals surface area (Å²) in [5.74, 6) is 0.277. The van der Waals surface area contributed by atoms with Gasteiger partial charge < -0.3 is 4.74 Å². The highest BCUT2D eigenvalue weighted by atomic mass is 16.5. The third-order valence-corrected chi connectivity index (χ3v) is 3.41. The molecule has 3 rings (SSSR count). The van der Waals surface area contributed by atoms with Crippen LogP contribution in [0.5, 0.6) is 5.75 Å². The number of carbonyl (C=O) groups is 1. The predicted octanol–water partition coefficient (Wildman–Crippen LogP) is 4.55. The lowest BCUT2D eigenvalue weighted by atomic mass is 10.0. The Bertz CT molecular complexity index is 788. The van der Waals surface area contributed by atoms with Gasteiger partial charge in [0.25, 0.3) is 0 Å². The van der Waals surface area contributed by atoms with Crippen molar-refractivity contribution in [2.45, 2.75) is 13.8 Å². The van der Waals surface area contributed by atoms with E-state index in [1.165, 1.54) is 16.2 Å². The van der Waals surface area contributed by atoms with Crippen molar-refractivity contribution in [2.75, 3.05) is 0 Å². The molecule has 0 fully saturated rings. The van der Waals surface area contributed by atoms with Crippen molar-refractivity contribution >= 4 is 27.5 Å². The van der Waals surface area contributed by atoms with Crippen molar-refractivity contribution in [3.8, 4) is 5.75 Å². The summed E-state index contributed by atoms with van der Waals surface area (Å²) in [7, 11) is 0. The van der Waals surface area contributed by atoms with E-state index in [0.29, 0.717) is 5.75 Å². The fraction of sp³-hybridized carbons (Fsp3) is 0.167. The maximum atomic E-state index is 11.6. The van der Waals surface area contributed by atoms with Crippen molar-refractivity contribution < 1.29 is 9.53 Å². The zero-order valence-electron chi connectivity index (χ0n) is 11.6. The molecule has 0 unspecified atom stereocenters. The SMILES string of the molecule is CC(C)C(=O)Oc1ccc2c(ccc3ccccc32)c1. The van der Waals surface area contributed by atoms with Gasteiger partial charge in [0.15, 0.2) is 0 Å². The second-order valence-electron chi connectivity index (χ2n) is 5.25. The molecule has 0 radical (unpaired) electrons. The minimum atomic E-state index is -0.204. The molecule has 0 bridgehead atoms. The van der Waals surface area contributed by atoms with E-state index in [4.69, 9.17) is 4.74 Å². The molecule has 0 N–H and O–H groups in total. The van der Waals surface area contributed by atoms with Gasteiger partial charge in [0, 0.05) is 0 Å². The van der Waals surface area contributed by atoms with Gasteiger partial charge in [-0.3, -0.25) is 4.79 Å². The molecule has 3 aromatic rings. The van der Waals surface area contributed by atoms with Crippen molar-refractivity contribution in [3.05, 3.63) is 54.6 Å². The van der Waals surface area contributed by atoms with E-state index in [2.05, 4.69) is 24.3 Å². The predicted molar refractivity (Wildman–Crippen MR) is 81.9 cm³/mol. The van der Waals surface area contributed by atoms with E-state index in [1.54, 1.807) is 0 Å². The van der Waals surface area contributed by atoms with Gasteiger partial charge in [0.05, 0.1) is 5.92 Å². The topological polar surface area (TPSA) is 26.3 Å². The van der Waals surface area contributed by atoms with Gasteiger partial charge in [-0.05, 0) is 33.7 Å². The van der Waals surface area contributed by atoms with Crippen molar-refractivity contribution in [1.82, 2.24) is 0 Å². The van der Waals surface area contributed by atoms with Crippen LogP contribution in [0.15, 0.2) is 54.6 Å². The molecular weight excluding hydrogens is 248 g/mol. The first-order valence-electron chi connectivity index (χ1n) is 6.78. The molecule has 0 aromatic heterocycles. The molecule has 0 aliphatic rings. The summed E-state index contributed by atoms with van der Waals surface area (Å²) in [6, 6.07) is 18.2. The number of hydrogen-bond donors (Lipinski definition) is 0. The molecule has 2 heteroatoms. The zero-order valence-corrected chi connectivity index (χ0v) is 11.6. The molecule has 20 heavy (non-hydrogen) atoms. The monoisotopic (exact) mass is 264 g/mol. The maximum absolute atomic E-state index is 11.6. The normalized spacial score (nSPS) is 11.2. The summed E-state index contributed by atoms with van der Waals surface area (Å²) in [4.78, 5) is 11.6. The van der Waals surface area contributed by atoms with Crippen LogP contribution >= 0.6 is 0 Å². The average Bonchev–Trinajstić information content (AvgIpc) is 2.46. The Labute approximate surface area is 118 Å². The van der Waals surface area contributed by atoms with Crippen LogP contribution in [0, 0.1) is 5.92 Å². The standard InChI is InChI=1S/C18H16O2/c1-12(2)18(19)20-15-9-10-17-14(11-15)8-7-13-5-3-4-6-16(13)17/h3-12H,1-2H3. The van der Waals surface area contributed by atoms with E-state index in [1.807, 2.05) is 44.2 Å². The highest BCUT2D eigenvalue weighted by Gasteiger charge is 2.10. The minimum Gasteiger partial charge on any atom is -0.426 e. The van der Waals surface area contributed by atoms with E-state index < -0.39 is 0 Å². The van der Waals surface area contributed by atoms with Gasteiger partial charge in [-0.2, -0.15) is 0 Å². The van der Waals surface area contributed by atoms with Gasteiger partial charge in [0.1, 0.15) is 5.75 Å². The van der Waals surface area contributed by atoms with Gasteiger partial charge in [0.2, 0.25) is 0 Å². The summed E-state index contributed by atoms with van der Waals surface area (Å²) in [5.41, 5.74) is 0. The summed E-state index contributed by atoms with van der Waals surface area (Å²) in [6.07, 6.45) is 0. The second kappa shape index (κ2) is 4.97.